The second kappa shape index (κ2) is 12.0. The van der Waals surface area contributed by atoms with E-state index in [1.165, 1.54) is 0 Å². The number of anilines is 1. The smallest absolute Gasteiger partial charge is 0.409 e. The van der Waals surface area contributed by atoms with Crippen LogP contribution in [0.2, 0.25) is 0 Å². The Kier molecular flexibility index (Phi) is 8.56. The highest BCUT2D eigenvalue weighted by molar-refractivity contribution is 5.83. The van der Waals surface area contributed by atoms with E-state index in [9.17, 15) is 19.5 Å². The van der Waals surface area contributed by atoms with Crippen LogP contribution < -0.4 is 16.0 Å². The first-order valence-electron chi connectivity index (χ1n) is 10.7. The van der Waals surface area contributed by atoms with Crippen molar-refractivity contribution < 1.29 is 24.2 Å². The SMILES string of the molecule is CC(Nc1ccccn1)OC(=O)NCC(=O)NC(CC(=O)O)c1ccc(-c2ccccc2)cc1. The fourth-order valence-corrected chi connectivity index (χ4v) is 3.25. The van der Waals surface area contributed by atoms with Crippen LogP contribution in [0.3, 0.4) is 0 Å². The number of nitrogens with one attached hydrogen (secondary N) is 3. The Bertz CT molecular complexity index is 1090. The number of amides is 2. The number of nitrogens with zero attached hydrogens (tertiary/aromatic N) is 1. The van der Waals surface area contributed by atoms with Crippen LogP contribution in [0.1, 0.15) is 24.9 Å². The van der Waals surface area contributed by atoms with Gasteiger partial charge in [-0.1, -0.05) is 60.7 Å². The van der Waals surface area contributed by atoms with Crippen molar-refractivity contribution in [2.45, 2.75) is 25.6 Å². The Morgan fingerprint density at radius 2 is 1.62 bits per heavy atom. The van der Waals surface area contributed by atoms with E-state index >= 15 is 0 Å². The Labute approximate surface area is 197 Å². The summed E-state index contributed by atoms with van der Waals surface area (Å²) in [6, 6.07) is 21.6. The number of carbonyl (C=O) groups excluding carboxylic acids is 2. The maximum Gasteiger partial charge on any atom is 0.409 e. The minimum atomic E-state index is -1.06. The number of carbonyl (C=O) groups is 3. The molecular formula is C25H26N4O5. The summed E-state index contributed by atoms with van der Waals surface area (Å²) in [4.78, 5) is 39.8. The molecule has 4 N–H and O–H groups in total. The molecule has 9 nitrogen and oxygen atoms in total. The lowest BCUT2D eigenvalue weighted by Gasteiger charge is -2.19. The quantitative estimate of drug-likeness (QED) is 0.339. The molecule has 2 amide bonds. The zero-order valence-electron chi connectivity index (χ0n) is 18.6. The minimum Gasteiger partial charge on any atom is -0.481 e. The van der Waals surface area contributed by atoms with E-state index in [2.05, 4.69) is 20.9 Å². The number of aliphatic carboxylic acids is 1. The first-order valence-corrected chi connectivity index (χ1v) is 10.7. The van der Waals surface area contributed by atoms with Crippen molar-refractivity contribution >= 4 is 23.8 Å². The second-order valence-electron chi connectivity index (χ2n) is 7.47. The molecule has 3 aromatic rings. The summed E-state index contributed by atoms with van der Waals surface area (Å²) in [7, 11) is 0. The highest BCUT2D eigenvalue weighted by atomic mass is 16.6. The van der Waals surface area contributed by atoms with E-state index in [1.54, 1.807) is 43.5 Å². The van der Waals surface area contributed by atoms with Crippen molar-refractivity contribution in [1.29, 1.82) is 0 Å². The number of carboxylic acids is 1. The van der Waals surface area contributed by atoms with Crippen LogP contribution in [0.4, 0.5) is 10.6 Å². The van der Waals surface area contributed by atoms with Crippen LogP contribution in [0.15, 0.2) is 79.0 Å². The first kappa shape index (κ1) is 24.2. The van der Waals surface area contributed by atoms with Gasteiger partial charge in [-0.05, 0) is 35.7 Å². The summed E-state index contributed by atoms with van der Waals surface area (Å²) in [5, 5.41) is 17.2. The van der Waals surface area contributed by atoms with Crippen molar-refractivity contribution in [3.05, 3.63) is 84.6 Å². The van der Waals surface area contributed by atoms with Crippen molar-refractivity contribution in [1.82, 2.24) is 15.6 Å². The maximum atomic E-state index is 12.4. The summed E-state index contributed by atoms with van der Waals surface area (Å²) < 4.78 is 5.14. The Morgan fingerprint density at radius 1 is 0.941 bits per heavy atom. The third kappa shape index (κ3) is 7.63. The fraction of sp³-hybridized carbons (Fsp3) is 0.200. The zero-order valence-corrected chi connectivity index (χ0v) is 18.6. The third-order valence-electron chi connectivity index (χ3n) is 4.83. The van der Waals surface area contributed by atoms with Crippen LogP contribution in [0.25, 0.3) is 11.1 Å². The van der Waals surface area contributed by atoms with E-state index < -0.39 is 30.2 Å². The Hall–Kier alpha value is -4.40. The number of benzene rings is 2. The van der Waals surface area contributed by atoms with Crippen molar-refractivity contribution in [2.24, 2.45) is 0 Å². The molecule has 1 aromatic heterocycles. The number of aromatic nitrogens is 1. The number of carboxylic acid groups (broad SMARTS) is 1. The molecule has 0 saturated carbocycles. The topological polar surface area (TPSA) is 130 Å². The molecule has 0 radical (unpaired) electrons. The Morgan fingerprint density at radius 3 is 2.26 bits per heavy atom. The molecule has 34 heavy (non-hydrogen) atoms. The van der Waals surface area contributed by atoms with Gasteiger partial charge < -0.3 is 25.8 Å². The predicted octanol–water partition coefficient (Wildman–Crippen LogP) is 3.56. The van der Waals surface area contributed by atoms with Crippen LogP contribution in [0.5, 0.6) is 0 Å². The van der Waals surface area contributed by atoms with Gasteiger partial charge in [0.15, 0.2) is 6.23 Å². The lowest BCUT2D eigenvalue weighted by atomic mass is 9.99. The van der Waals surface area contributed by atoms with Gasteiger partial charge in [-0.15, -0.1) is 0 Å². The molecule has 9 heteroatoms. The van der Waals surface area contributed by atoms with E-state index in [0.29, 0.717) is 11.4 Å². The number of hydrogen-bond acceptors (Lipinski definition) is 6. The average molecular weight is 463 g/mol. The molecule has 2 unspecified atom stereocenters. The van der Waals surface area contributed by atoms with Crippen molar-refractivity contribution in [2.75, 3.05) is 11.9 Å². The molecule has 1 heterocycles. The van der Waals surface area contributed by atoms with Gasteiger partial charge in [0.25, 0.3) is 0 Å². The first-order chi connectivity index (χ1) is 16.4. The summed E-state index contributed by atoms with van der Waals surface area (Å²) in [6.45, 7) is 1.25. The largest absolute Gasteiger partial charge is 0.481 e. The monoisotopic (exact) mass is 462 g/mol. The summed E-state index contributed by atoms with van der Waals surface area (Å²) in [5.41, 5.74) is 2.65. The maximum absolute atomic E-state index is 12.4. The summed E-state index contributed by atoms with van der Waals surface area (Å²) in [6.07, 6.45) is -0.178. The standard InChI is InChI=1S/C25H26N4O5/c1-17(28-22-9-5-6-14-26-22)34-25(33)27-16-23(30)29-21(15-24(31)32)20-12-10-19(11-13-20)18-7-3-2-4-8-18/h2-14,17,21H,15-16H2,1H3,(H,26,28)(H,27,33)(H,29,30)(H,31,32). The minimum absolute atomic E-state index is 0.300. The van der Waals surface area contributed by atoms with Crippen LogP contribution in [-0.2, 0) is 14.3 Å². The molecule has 0 spiro atoms. The van der Waals surface area contributed by atoms with Gasteiger partial charge >= 0.3 is 12.1 Å². The van der Waals surface area contributed by atoms with Gasteiger partial charge in [-0.2, -0.15) is 0 Å². The molecule has 176 valence electrons. The number of hydrogen-bond donors (Lipinski definition) is 4. The summed E-state index contributed by atoms with van der Waals surface area (Å²) >= 11 is 0. The van der Waals surface area contributed by atoms with Gasteiger partial charge in [0.1, 0.15) is 12.4 Å². The number of alkyl carbamates (subject to hydrolysis) is 1. The predicted molar refractivity (Wildman–Crippen MR) is 127 cm³/mol. The van der Waals surface area contributed by atoms with Crippen LogP contribution in [-0.4, -0.2) is 40.8 Å². The number of pyridine rings is 1. The van der Waals surface area contributed by atoms with E-state index in [1.807, 2.05) is 42.5 Å². The van der Waals surface area contributed by atoms with Gasteiger partial charge in [0.05, 0.1) is 12.5 Å². The molecule has 0 bridgehead atoms. The normalized spacial score (nSPS) is 12.1. The molecule has 0 fully saturated rings. The molecule has 2 atom stereocenters. The van der Waals surface area contributed by atoms with Crippen molar-refractivity contribution in [3.8, 4) is 11.1 Å². The van der Waals surface area contributed by atoms with E-state index in [-0.39, 0.29) is 13.0 Å². The zero-order chi connectivity index (χ0) is 24.3. The molecule has 0 saturated heterocycles. The molecular weight excluding hydrogens is 436 g/mol. The van der Waals surface area contributed by atoms with Crippen LogP contribution in [0, 0.1) is 0 Å². The lowest BCUT2D eigenvalue weighted by molar-refractivity contribution is -0.137. The highest BCUT2D eigenvalue weighted by Crippen LogP contribution is 2.23. The van der Waals surface area contributed by atoms with Gasteiger partial charge in [0, 0.05) is 6.20 Å². The van der Waals surface area contributed by atoms with E-state index in [0.717, 1.165) is 11.1 Å². The highest BCUT2D eigenvalue weighted by Gasteiger charge is 2.19. The number of rotatable bonds is 10. The summed E-state index contributed by atoms with van der Waals surface area (Å²) in [5.74, 6) is -1.06. The second-order valence-corrected chi connectivity index (χ2v) is 7.47. The molecule has 0 aliphatic heterocycles. The van der Waals surface area contributed by atoms with Gasteiger partial charge in [-0.25, -0.2) is 9.78 Å². The van der Waals surface area contributed by atoms with Gasteiger partial charge in [0.2, 0.25) is 5.91 Å². The lowest BCUT2D eigenvalue weighted by Crippen LogP contribution is -2.40. The van der Waals surface area contributed by atoms with E-state index in [4.69, 9.17) is 4.74 Å². The average Bonchev–Trinajstić information content (AvgIpc) is 2.83. The molecule has 0 aliphatic rings. The fourth-order valence-electron chi connectivity index (χ4n) is 3.25. The van der Waals surface area contributed by atoms with Crippen LogP contribution >= 0.6 is 0 Å². The molecule has 0 aliphatic carbocycles. The van der Waals surface area contributed by atoms with Crippen molar-refractivity contribution in [3.63, 3.8) is 0 Å². The number of ether oxygens (including phenoxy) is 1. The molecule has 3 rings (SSSR count). The Balaban J connectivity index is 1.52. The molecule has 2 aromatic carbocycles. The van der Waals surface area contributed by atoms with Gasteiger partial charge in [-0.3, -0.25) is 9.59 Å². The third-order valence-corrected chi connectivity index (χ3v) is 4.83.